The van der Waals surface area contributed by atoms with E-state index in [1.807, 2.05) is 0 Å². The molecular weight excluding hydrogens is 222 g/mol. The molecule has 2 rings (SSSR count). The molecule has 1 aliphatic rings. The average molecular weight is 247 g/mol. The van der Waals surface area contributed by atoms with Crippen LogP contribution in [0.1, 0.15) is 17.5 Å². The fraction of sp³-hybridized carbons (Fsp3) is 0.600. The van der Waals surface area contributed by atoms with Crippen LogP contribution in [0.15, 0.2) is 18.2 Å². The molecule has 0 spiro atoms. The van der Waals surface area contributed by atoms with Crippen LogP contribution in [0.25, 0.3) is 0 Å². The first-order valence-corrected chi connectivity index (χ1v) is 6.89. The van der Waals surface area contributed by atoms with Crippen molar-refractivity contribution in [1.82, 2.24) is 10.2 Å². The van der Waals surface area contributed by atoms with Crippen LogP contribution in [0.5, 0.6) is 0 Å². The van der Waals surface area contributed by atoms with E-state index >= 15 is 0 Å². The van der Waals surface area contributed by atoms with Crippen molar-refractivity contribution in [3.63, 3.8) is 0 Å². The van der Waals surface area contributed by atoms with Gasteiger partial charge in [0.1, 0.15) is 0 Å². The number of piperazine rings is 1. The van der Waals surface area contributed by atoms with Crippen LogP contribution in [0, 0.1) is 13.8 Å². The predicted octanol–water partition coefficient (Wildman–Crippen LogP) is 2.01. The second-order valence-corrected chi connectivity index (χ2v) is 5.37. The van der Waals surface area contributed by atoms with Gasteiger partial charge in [-0.3, -0.25) is 0 Å². The molecule has 1 aliphatic heterocycles. The van der Waals surface area contributed by atoms with Gasteiger partial charge >= 0.3 is 0 Å². The van der Waals surface area contributed by atoms with E-state index in [0.29, 0.717) is 6.04 Å². The number of likely N-dealkylation sites (N-methyl/N-ethyl adjacent to an activating group) is 1. The zero-order valence-corrected chi connectivity index (χ0v) is 11.8. The van der Waals surface area contributed by atoms with Gasteiger partial charge in [-0.25, -0.2) is 0 Å². The van der Waals surface area contributed by atoms with Gasteiger partial charge in [0.2, 0.25) is 0 Å². The summed E-state index contributed by atoms with van der Waals surface area (Å²) in [7, 11) is 2.23. The second kappa shape index (κ2) is 6.21. The van der Waals surface area contributed by atoms with Crippen molar-refractivity contribution in [1.29, 1.82) is 0 Å². The van der Waals surface area contributed by atoms with Gasteiger partial charge in [-0.1, -0.05) is 12.1 Å². The largest absolute Gasteiger partial charge is 0.385 e. The van der Waals surface area contributed by atoms with E-state index in [2.05, 4.69) is 54.6 Å². The molecule has 0 saturated carbocycles. The van der Waals surface area contributed by atoms with Crippen molar-refractivity contribution < 1.29 is 0 Å². The summed E-state index contributed by atoms with van der Waals surface area (Å²) in [5, 5.41) is 7.03. The number of nitrogens with one attached hydrogen (secondary N) is 2. The van der Waals surface area contributed by atoms with Crippen LogP contribution in [-0.2, 0) is 0 Å². The lowest BCUT2D eigenvalue weighted by Gasteiger charge is -2.33. The summed E-state index contributed by atoms with van der Waals surface area (Å²) < 4.78 is 0. The molecule has 1 heterocycles. The van der Waals surface area contributed by atoms with Crippen molar-refractivity contribution in [2.24, 2.45) is 0 Å². The van der Waals surface area contributed by atoms with Crippen LogP contribution in [0.3, 0.4) is 0 Å². The summed E-state index contributed by atoms with van der Waals surface area (Å²) >= 11 is 0. The molecule has 3 heteroatoms. The molecule has 0 aliphatic carbocycles. The number of nitrogens with zero attached hydrogens (tertiary/aromatic N) is 1. The van der Waals surface area contributed by atoms with Crippen molar-refractivity contribution in [2.75, 3.05) is 38.5 Å². The van der Waals surface area contributed by atoms with Gasteiger partial charge < -0.3 is 15.5 Å². The highest BCUT2D eigenvalue weighted by Gasteiger charge is 2.17. The van der Waals surface area contributed by atoms with Crippen molar-refractivity contribution >= 4 is 5.69 Å². The topological polar surface area (TPSA) is 27.3 Å². The third-order valence-electron chi connectivity index (χ3n) is 3.83. The molecule has 100 valence electrons. The molecule has 1 atom stereocenters. The number of hydrogen-bond donors (Lipinski definition) is 2. The van der Waals surface area contributed by atoms with Crippen LogP contribution in [-0.4, -0.2) is 44.2 Å². The fourth-order valence-corrected chi connectivity index (χ4v) is 2.48. The second-order valence-electron chi connectivity index (χ2n) is 5.37. The third-order valence-corrected chi connectivity index (χ3v) is 3.83. The molecule has 1 aromatic carbocycles. The normalized spacial score (nSPS) is 20.9. The predicted molar refractivity (Wildman–Crippen MR) is 78.3 cm³/mol. The summed E-state index contributed by atoms with van der Waals surface area (Å²) in [5.41, 5.74) is 3.93. The quantitative estimate of drug-likeness (QED) is 0.852. The summed E-state index contributed by atoms with van der Waals surface area (Å²) in [6, 6.07) is 7.25. The molecule has 0 amide bonds. The van der Waals surface area contributed by atoms with Gasteiger partial charge in [-0.15, -0.1) is 0 Å². The maximum atomic E-state index is 3.57. The van der Waals surface area contributed by atoms with Crippen LogP contribution in [0.2, 0.25) is 0 Å². The maximum Gasteiger partial charge on any atom is 0.0372 e. The van der Waals surface area contributed by atoms with Crippen LogP contribution in [0.4, 0.5) is 5.69 Å². The smallest absolute Gasteiger partial charge is 0.0372 e. The number of anilines is 1. The Morgan fingerprint density at radius 3 is 3.00 bits per heavy atom. The molecule has 1 unspecified atom stereocenters. The molecule has 3 nitrogen and oxygen atoms in total. The highest BCUT2D eigenvalue weighted by molar-refractivity contribution is 5.52. The monoisotopic (exact) mass is 247 g/mol. The molecule has 0 radical (unpaired) electrons. The standard InChI is InChI=1S/C15H25N3/c1-12-4-5-13(2)15(10-12)17-7-6-14-11-16-8-9-18(14)3/h4-5,10,14,16-17H,6-9,11H2,1-3H3. The van der Waals surface area contributed by atoms with E-state index in [0.717, 1.165) is 26.2 Å². The Hall–Kier alpha value is -1.06. The molecule has 1 aromatic rings. The highest BCUT2D eigenvalue weighted by Crippen LogP contribution is 2.16. The average Bonchev–Trinajstić information content (AvgIpc) is 2.36. The van der Waals surface area contributed by atoms with Crippen LogP contribution < -0.4 is 10.6 Å². The number of aryl methyl sites for hydroxylation is 2. The fourth-order valence-electron chi connectivity index (χ4n) is 2.48. The zero-order valence-electron chi connectivity index (χ0n) is 11.8. The number of benzene rings is 1. The molecule has 1 saturated heterocycles. The van der Waals surface area contributed by atoms with Gasteiger partial charge in [0.05, 0.1) is 0 Å². The van der Waals surface area contributed by atoms with Crippen molar-refractivity contribution in [3.05, 3.63) is 29.3 Å². The minimum Gasteiger partial charge on any atom is -0.385 e. The first-order valence-electron chi connectivity index (χ1n) is 6.89. The van der Waals surface area contributed by atoms with Gasteiger partial charge in [0, 0.05) is 37.9 Å². The minimum absolute atomic E-state index is 0.663. The van der Waals surface area contributed by atoms with Crippen molar-refractivity contribution in [2.45, 2.75) is 26.3 Å². The van der Waals surface area contributed by atoms with E-state index in [-0.39, 0.29) is 0 Å². The molecular formula is C15H25N3. The van der Waals surface area contributed by atoms with E-state index in [9.17, 15) is 0 Å². The van der Waals surface area contributed by atoms with Crippen molar-refractivity contribution in [3.8, 4) is 0 Å². The maximum absolute atomic E-state index is 3.57. The number of rotatable bonds is 4. The molecule has 0 aromatic heterocycles. The SMILES string of the molecule is Cc1ccc(C)c(NCCC2CNCCN2C)c1. The number of hydrogen-bond acceptors (Lipinski definition) is 3. The van der Waals surface area contributed by atoms with E-state index in [1.165, 1.54) is 23.2 Å². The Labute approximate surface area is 111 Å². The first-order chi connectivity index (χ1) is 8.66. The minimum atomic E-state index is 0.663. The highest BCUT2D eigenvalue weighted by atomic mass is 15.2. The van der Waals surface area contributed by atoms with E-state index < -0.39 is 0 Å². The summed E-state index contributed by atoms with van der Waals surface area (Å²) in [5.74, 6) is 0. The van der Waals surface area contributed by atoms with E-state index in [1.54, 1.807) is 0 Å². The Morgan fingerprint density at radius 1 is 1.39 bits per heavy atom. The van der Waals surface area contributed by atoms with Crippen LogP contribution >= 0.6 is 0 Å². The molecule has 1 fully saturated rings. The Kier molecular flexibility index (Phi) is 4.61. The lowest BCUT2D eigenvalue weighted by molar-refractivity contribution is 0.194. The zero-order chi connectivity index (χ0) is 13.0. The molecule has 0 bridgehead atoms. The van der Waals surface area contributed by atoms with Gasteiger partial charge in [-0.05, 0) is 44.5 Å². The third kappa shape index (κ3) is 3.47. The Balaban J connectivity index is 1.82. The first kappa shape index (κ1) is 13.4. The van der Waals surface area contributed by atoms with Gasteiger partial charge in [0.25, 0.3) is 0 Å². The summed E-state index contributed by atoms with van der Waals surface area (Å²) in [6.45, 7) is 8.75. The lowest BCUT2D eigenvalue weighted by atomic mass is 10.1. The molecule has 18 heavy (non-hydrogen) atoms. The van der Waals surface area contributed by atoms with Gasteiger partial charge in [0.15, 0.2) is 0 Å². The summed E-state index contributed by atoms with van der Waals surface area (Å²) in [6.07, 6.45) is 1.19. The van der Waals surface area contributed by atoms with E-state index in [4.69, 9.17) is 0 Å². The summed E-state index contributed by atoms with van der Waals surface area (Å²) in [4.78, 5) is 2.46. The lowest BCUT2D eigenvalue weighted by Crippen LogP contribution is -2.49. The molecule has 2 N–H and O–H groups in total. The Bertz CT molecular complexity index is 389. The van der Waals surface area contributed by atoms with Gasteiger partial charge in [-0.2, -0.15) is 0 Å². The Morgan fingerprint density at radius 2 is 2.22 bits per heavy atom.